The summed E-state index contributed by atoms with van der Waals surface area (Å²) >= 11 is 0. The number of aromatic nitrogens is 2. The standard InChI is InChI=1S/C9H11N3O2/c13-9(7-3-10-6-11-4-7)12-8-1-2-14-5-8/h3-4,6,8H,1-2,5H2,(H,12,13). The fourth-order valence-electron chi connectivity index (χ4n) is 1.33. The Balaban J connectivity index is 1.95. The fraction of sp³-hybridized carbons (Fsp3) is 0.444. The molecule has 1 atom stereocenters. The molecular formula is C9H11N3O2. The monoisotopic (exact) mass is 193 g/mol. The van der Waals surface area contributed by atoms with Gasteiger partial charge in [0.05, 0.1) is 18.2 Å². The van der Waals surface area contributed by atoms with Crippen molar-refractivity contribution in [2.75, 3.05) is 13.2 Å². The molecule has 2 heterocycles. The molecule has 0 radical (unpaired) electrons. The number of carbonyl (C=O) groups is 1. The number of rotatable bonds is 2. The molecule has 1 fully saturated rings. The van der Waals surface area contributed by atoms with Crippen molar-refractivity contribution in [2.45, 2.75) is 12.5 Å². The van der Waals surface area contributed by atoms with Gasteiger partial charge in [0.2, 0.25) is 0 Å². The Bertz CT molecular complexity index is 309. The normalized spacial score (nSPS) is 20.7. The van der Waals surface area contributed by atoms with E-state index in [0.29, 0.717) is 12.2 Å². The molecule has 0 aliphatic carbocycles. The highest BCUT2D eigenvalue weighted by Gasteiger charge is 2.18. The highest BCUT2D eigenvalue weighted by atomic mass is 16.5. The Morgan fingerprint density at radius 3 is 2.93 bits per heavy atom. The minimum absolute atomic E-state index is 0.128. The smallest absolute Gasteiger partial charge is 0.254 e. The highest BCUT2D eigenvalue weighted by Crippen LogP contribution is 2.04. The number of hydrogen-bond acceptors (Lipinski definition) is 4. The van der Waals surface area contributed by atoms with Crippen LogP contribution in [0, 0.1) is 0 Å². The SMILES string of the molecule is O=C(NC1CCOC1)c1cncnc1. The molecule has 1 amide bonds. The van der Waals surface area contributed by atoms with Crippen LogP contribution in [-0.2, 0) is 4.74 Å². The molecule has 1 aliphatic heterocycles. The van der Waals surface area contributed by atoms with E-state index in [4.69, 9.17) is 4.74 Å². The lowest BCUT2D eigenvalue weighted by atomic mass is 10.2. The lowest BCUT2D eigenvalue weighted by Crippen LogP contribution is -2.35. The maximum Gasteiger partial charge on any atom is 0.254 e. The zero-order chi connectivity index (χ0) is 9.80. The average molecular weight is 193 g/mol. The first-order valence-corrected chi connectivity index (χ1v) is 4.50. The number of carbonyl (C=O) groups excluding carboxylic acids is 1. The number of hydrogen-bond donors (Lipinski definition) is 1. The summed E-state index contributed by atoms with van der Waals surface area (Å²) in [5.41, 5.74) is 0.486. The topological polar surface area (TPSA) is 64.1 Å². The Hall–Kier alpha value is -1.49. The molecule has 1 saturated heterocycles. The Labute approximate surface area is 81.5 Å². The summed E-state index contributed by atoms with van der Waals surface area (Å²) in [6.07, 6.45) is 5.27. The van der Waals surface area contributed by atoms with Crippen molar-refractivity contribution in [1.82, 2.24) is 15.3 Å². The average Bonchev–Trinajstić information content (AvgIpc) is 2.72. The predicted octanol–water partition coefficient (Wildman–Crippen LogP) is -0.00470. The zero-order valence-electron chi connectivity index (χ0n) is 7.64. The molecular weight excluding hydrogens is 182 g/mol. The van der Waals surface area contributed by atoms with E-state index in [1.807, 2.05) is 0 Å². The molecule has 1 aliphatic rings. The minimum Gasteiger partial charge on any atom is -0.379 e. The van der Waals surface area contributed by atoms with E-state index < -0.39 is 0 Å². The van der Waals surface area contributed by atoms with Gasteiger partial charge in [0.15, 0.2) is 0 Å². The number of nitrogens with one attached hydrogen (secondary N) is 1. The molecule has 1 aromatic rings. The van der Waals surface area contributed by atoms with Gasteiger partial charge in [0.25, 0.3) is 5.91 Å². The molecule has 1 N–H and O–H groups in total. The maximum atomic E-state index is 11.6. The summed E-state index contributed by atoms with van der Waals surface area (Å²) in [4.78, 5) is 19.1. The van der Waals surface area contributed by atoms with Crippen molar-refractivity contribution in [3.8, 4) is 0 Å². The summed E-state index contributed by atoms with van der Waals surface area (Å²) in [7, 11) is 0. The van der Waals surface area contributed by atoms with Crippen LogP contribution in [0.1, 0.15) is 16.8 Å². The zero-order valence-corrected chi connectivity index (χ0v) is 7.64. The molecule has 5 nitrogen and oxygen atoms in total. The van der Waals surface area contributed by atoms with Crippen LogP contribution in [-0.4, -0.2) is 35.1 Å². The molecule has 14 heavy (non-hydrogen) atoms. The number of nitrogens with zero attached hydrogens (tertiary/aromatic N) is 2. The highest BCUT2D eigenvalue weighted by molar-refractivity contribution is 5.93. The second-order valence-corrected chi connectivity index (χ2v) is 3.16. The molecule has 74 valence electrons. The van der Waals surface area contributed by atoms with E-state index in [0.717, 1.165) is 13.0 Å². The second kappa shape index (κ2) is 4.15. The number of amides is 1. The van der Waals surface area contributed by atoms with Crippen LogP contribution in [0.3, 0.4) is 0 Å². The van der Waals surface area contributed by atoms with Crippen LogP contribution in [0.2, 0.25) is 0 Å². The molecule has 0 bridgehead atoms. The van der Waals surface area contributed by atoms with Gasteiger partial charge < -0.3 is 10.1 Å². The largest absolute Gasteiger partial charge is 0.379 e. The summed E-state index contributed by atoms with van der Waals surface area (Å²) in [5.74, 6) is -0.138. The number of ether oxygens (including phenoxy) is 1. The lowest BCUT2D eigenvalue weighted by molar-refractivity contribution is 0.0929. The quantitative estimate of drug-likeness (QED) is 0.717. The van der Waals surface area contributed by atoms with E-state index in [2.05, 4.69) is 15.3 Å². The van der Waals surface area contributed by atoms with Gasteiger partial charge in [0, 0.05) is 19.0 Å². The Morgan fingerprint density at radius 2 is 2.29 bits per heavy atom. The van der Waals surface area contributed by atoms with Gasteiger partial charge in [-0.25, -0.2) is 9.97 Å². The van der Waals surface area contributed by atoms with Crippen molar-refractivity contribution >= 4 is 5.91 Å². The third-order valence-electron chi connectivity index (χ3n) is 2.09. The van der Waals surface area contributed by atoms with Crippen molar-refractivity contribution in [3.05, 3.63) is 24.3 Å². The van der Waals surface area contributed by atoms with Crippen molar-refractivity contribution in [2.24, 2.45) is 0 Å². The van der Waals surface area contributed by atoms with Gasteiger partial charge in [0.1, 0.15) is 6.33 Å². The van der Waals surface area contributed by atoms with E-state index in [1.54, 1.807) is 0 Å². The van der Waals surface area contributed by atoms with Gasteiger partial charge in [-0.1, -0.05) is 0 Å². The van der Waals surface area contributed by atoms with Crippen LogP contribution in [0.15, 0.2) is 18.7 Å². The minimum atomic E-state index is -0.138. The first kappa shape index (κ1) is 9.08. The second-order valence-electron chi connectivity index (χ2n) is 3.16. The molecule has 0 aromatic carbocycles. The van der Waals surface area contributed by atoms with Crippen molar-refractivity contribution < 1.29 is 9.53 Å². The summed E-state index contributed by atoms with van der Waals surface area (Å²) in [6.45, 7) is 1.32. The summed E-state index contributed by atoms with van der Waals surface area (Å²) in [6, 6.07) is 0.128. The van der Waals surface area contributed by atoms with Crippen LogP contribution in [0.4, 0.5) is 0 Å². The van der Waals surface area contributed by atoms with Crippen LogP contribution in [0.5, 0.6) is 0 Å². The molecule has 1 aromatic heterocycles. The molecule has 0 spiro atoms. The third kappa shape index (κ3) is 2.05. The van der Waals surface area contributed by atoms with Crippen LogP contribution < -0.4 is 5.32 Å². The molecule has 1 unspecified atom stereocenters. The maximum absolute atomic E-state index is 11.6. The molecule has 0 saturated carbocycles. The molecule has 2 rings (SSSR count). The van der Waals surface area contributed by atoms with E-state index in [-0.39, 0.29) is 11.9 Å². The predicted molar refractivity (Wildman–Crippen MR) is 48.7 cm³/mol. The van der Waals surface area contributed by atoms with Gasteiger partial charge in [-0.15, -0.1) is 0 Å². The first-order chi connectivity index (χ1) is 6.86. The Morgan fingerprint density at radius 1 is 1.50 bits per heavy atom. The fourth-order valence-corrected chi connectivity index (χ4v) is 1.33. The first-order valence-electron chi connectivity index (χ1n) is 4.50. The van der Waals surface area contributed by atoms with Crippen LogP contribution >= 0.6 is 0 Å². The van der Waals surface area contributed by atoms with E-state index >= 15 is 0 Å². The summed E-state index contributed by atoms with van der Waals surface area (Å²) < 4.78 is 5.15. The van der Waals surface area contributed by atoms with Gasteiger partial charge in [-0.2, -0.15) is 0 Å². The van der Waals surface area contributed by atoms with Crippen molar-refractivity contribution in [1.29, 1.82) is 0 Å². The van der Waals surface area contributed by atoms with Crippen molar-refractivity contribution in [3.63, 3.8) is 0 Å². The van der Waals surface area contributed by atoms with Crippen LogP contribution in [0.25, 0.3) is 0 Å². The summed E-state index contributed by atoms with van der Waals surface area (Å²) in [5, 5.41) is 2.85. The third-order valence-corrected chi connectivity index (χ3v) is 2.09. The Kier molecular flexibility index (Phi) is 2.69. The van der Waals surface area contributed by atoms with E-state index in [9.17, 15) is 4.79 Å². The van der Waals surface area contributed by atoms with Gasteiger partial charge in [-0.3, -0.25) is 4.79 Å². The molecule has 5 heteroatoms. The van der Waals surface area contributed by atoms with E-state index in [1.165, 1.54) is 18.7 Å². The lowest BCUT2D eigenvalue weighted by Gasteiger charge is -2.09. The van der Waals surface area contributed by atoms with Gasteiger partial charge in [-0.05, 0) is 6.42 Å². The van der Waals surface area contributed by atoms with Gasteiger partial charge >= 0.3 is 0 Å².